The molecule has 1 aromatic carbocycles. The number of hydrogen-bond acceptors (Lipinski definition) is 1. The maximum absolute atomic E-state index is 13.4. The topological polar surface area (TPSA) is 12.0 Å². The molecule has 0 radical (unpaired) electrons. The molecule has 2 rings (SSSR count). The van der Waals surface area contributed by atoms with Crippen LogP contribution < -0.4 is 5.32 Å². The Hall–Kier alpha value is -0.890. The fraction of sp³-hybridized carbons (Fsp3) is 0.538. The molecule has 2 heteroatoms. The molecule has 1 atom stereocenters. The highest BCUT2D eigenvalue weighted by Crippen LogP contribution is 2.32. The third-order valence-electron chi connectivity index (χ3n) is 3.07. The Labute approximate surface area is 90.7 Å². The van der Waals surface area contributed by atoms with Crippen molar-refractivity contribution in [3.63, 3.8) is 0 Å². The van der Waals surface area contributed by atoms with Gasteiger partial charge >= 0.3 is 0 Å². The summed E-state index contributed by atoms with van der Waals surface area (Å²) in [5.41, 5.74) is 0.772. The first-order valence-corrected chi connectivity index (χ1v) is 5.75. The van der Waals surface area contributed by atoms with E-state index < -0.39 is 0 Å². The highest BCUT2D eigenvalue weighted by Gasteiger charge is 2.20. The number of hydrogen-bond donors (Lipinski definition) is 1. The zero-order valence-corrected chi connectivity index (χ0v) is 9.17. The molecule has 1 fully saturated rings. The molecule has 1 aromatic rings. The van der Waals surface area contributed by atoms with Gasteiger partial charge in [0.05, 0.1) is 0 Å². The lowest BCUT2D eigenvalue weighted by atomic mass is 10.1. The van der Waals surface area contributed by atoms with Gasteiger partial charge in [0, 0.05) is 11.6 Å². The maximum Gasteiger partial charge on any atom is 0.127 e. The van der Waals surface area contributed by atoms with Gasteiger partial charge in [-0.2, -0.15) is 0 Å². The predicted molar refractivity (Wildman–Crippen MR) is 60.2 cm³/mol. The van der Waals surface area contributed by atoms with E-state index in [2.05, 4.69) is 5.32 Å². The molecule has 15 heavy (non-hydrogen) atoms. The molecule has 0 aliphatic heterocycles. The van der Waals surface area contributed by atoms with Gasteiger partial charge in [0.1, 0.15) is 5.82 Å². The zero-order valence-electron chi connectivity index (χ0n) is 9.17. The first kappa shape index (κ1) is 10.6. The van der Waals surface area contributed by atoms with Crippen LogP contribution in [0.2, 0.25) is 0 Å². The summed E-state index contributed by atoms with van der Waals surface area (Å²) in [6.07, 6.45) is 4.00. The molecule has 82 valence electrons. The second-order valence-electron chi connectivity index (χ2n) is 4.43. The Bertz CT molecular complexity index is 320. The number of benzene rings is 1. The van der Waals surface area contributed by atoms with Gasteiger partial charge in [-0.1, -0.05) is 31.0 Å². The monoisotopic (exact) mass is 207 g/mol. The normalized spacial score (nSPS) is 17.7. The lowest BCUT2D eigenvalue weighted by Gasteiger charge is -2.14. The summed E-state index contributed by atoms with van der Waals surface area (Å²) in [6, 6.07) is 7.11. The van der Waals surface area contributed by atoms with E-state index in [1.807, 2.05) is 19.1 Å². The third-order valence-corrected chi connectivity index (χ3v) is 3.07. The van der Waals surface area contributed by atoms with Crippen LogP contribution in [-0.4, -0.2) is 6.54 Å². The van der Waals surface area contributed by atoms with Crippen molar-refractivity contribution >= 4 is 0 Å². The van der Waals surface area contributed by atoms with Gasteiger partial charge in [-0.25, -0.2) is 4.39 Å². The molecule has 1 saturated carbocycles. The lowest BCUT2D eigenvalue weighted by molar-refractivity contribution is 0.510. The van der Waals surface area contributed by atoms with Crippen molar-refractivity contribution in [3.05, 3.63) is 35.6 Å². The van der Waals surface area contributed by atoms with Gasteiger partial charge in [0.15, 0.2) is 0 Å². The van der Waals surface area contributed by atoms with E-state index in [9.17, 15) is 4.39 Å². The molecule has 1 nitrogen and oxygen atoms in total. The molecule has 0 saturated heterocycles. The molecular weight excluding hydrogens is 189 g/mol. The van der Waals surface area contributed by atoms with Crippen LogP contribution in [0.4, 0.5) is 4.39 Å². The summed E-state index contributed by atoms with van der Waals surface area (Å²) in [5, 5.41) is 3.37. The summed E-state index contributed by atoms with van der Waals surface area (Å²) in [6.45, 7) is 3.02. The lowest BCUT2D eigenvalue weighted by Crippen LogP contribution is -2.21. The second-order valence-corrected chi connectivity index (χ2v) is 4.43. The van der Waals surface area contributed by atoms with E-state index in [-0.39, 0.29) is 11.9 Å². The Morgan fingerprint density at radius 1 is 1.40 bits per heavy atom. The number of halogens is 1. The number of rotatable bonds is 5. The van der Waals surface area contributed by atoms with Gasteiger partial charge in [0.25, 0.3) is 0 Å². The summed E-state index contributed by atoms with van der Waals surface area (Å²) in [5.74, 6) is 0.828. The van der Waals surface area contributed by atoms with Crippen molar-refractivity contribution in [1.82, 2.24) is 5.32 Å². The summed E-state index contributed by atoms with van der Waals surface area (Å²) < 4.78 is 13.4. The smallest absolute Gasteiger partial charge is 0.127 e. The highest BCUT2D eigenvalue weighted by atomic mass is 19.1. The van der Waals surface area contributed by atoms with Crippen molar-refractivity contribution in [2.24, 2.45) is 5.92 Å². The molecular formula is C13H18FN. The van der Waals surface area contributed by atoms with Crippen LogP contribution in [0.25, 0.3) is 0 Å². The van der Waals surface area contributed by atoms with Crippen molar-refractivity contribution < 1.29 is 4.39 Å². The minimum Gasteiger partial charge on any atom is -0.310 e. The molecule has 0 aromatic heterocycles. The van der Waals surface area contributed by atoms with E-state index in [0.717, 1.165) is 18.0 Å². The van der Waals surface area contributed by atoms with Crippen molar-refractivity contribution in [2.45, 2.75) is 32.2 Å². The molecule has 0 heterocycles. The fourth-order valence-corrected chi connectivity index (χ4v) is 1.85. The first-order valence-electron chi connectivity index (χ1n) is 5.75. The van der Waals surface area contributed by atoms with Crippen molar-refractivity contribution in [2.75, 3.05) is 6.54 Å². The molecule has 1 aliphatic rings. The average Bonchev–Trinajstić information content (AvgIpc) is 3.02. The first-order chi connectivity index (χ1) is 7.27. The highest BCUT2D eigenvalue weighted by molar-refractivity contribution is 5.20. The Balaban J connectivity index is 1.83. The van der Waals surface area contributed by atoms with Crippen molar-refractivity contribution in [3.8, 4) is 0 Å². The zero-order chi connectivity index (χ0) is 10.7. The Morgan fingerprint density at radius 2 is 2.13 bits per heavy atom. The van der Waals surface area contributed by atoms with Gasteiger partial charge in [-0.15, -0.1) is 0 Å². The van der Waals surface area contributed by atoms with Crippen LogP contribution in [0.3, 0.4) is 0 Å². The Kier molecular flexibility index (Phi) is 3.37. The fourth-order valence-electron chi connectivity index (χ4n) is 1.85. The van der Waals surface area contributed by atoms with Gasteiger partial charge in [-0.3, -0.25) is 0 Å². The van der Waals surface area contributed by atoms with Crippen LogP contribution in [0.15, 0.2) is 24.3 Å². The Morgan fingerprint density at radius 3 is 2.80 bits per heavy atom. The maximum atomic E-state index is 13.4. The van der Waals surface area contributed by atoms with Crippen LogP contribution in [0.1, 0.15) is 37.8 Å². The van der Waals surface area contributed by atoms with Gasteiger partial charge < -0.3 is 5.32 Å². The van der Waals surface area contributed by atoms with E-state index in [1.54, 1.807) is 6.07 Å². The average molecular weight is 207 g/mol. The van der Waals surface area contributed by atoms with E-state index in [4.69, 9.17) is 0 Å². The summed E-state index contributed by atoms with van der Waals surface area (Å²) in [4.78, 5) is 0. The van der Waals surface area contributed by atoms with Crippen LogP contribution in [0.5, 0.6) is 0 Å². The molecule has 0 amide bonds. The van der Waals surface area contributed by atoms with Gasteiger partial charge in [-0.05, 0) is 31.9 Å². The summed E-state index contributed by atoms with van der Waals surface area (Å²) >= 11 is 0. The number of nitrogens with one attached hydrogen (secondary N) is 1. The minimum absolute atomic E-state index is 0.107. The molecule has 1 N–H and O–H groups in total. The largest absolute Gasteiger partial charge is 0.310 e. The van der Waals surface area contributed by atoms with E-state index in [1.165, 1.54) is 25.3 Å². The van der Waals surface area contributed by atoms with E-state index >= 15 is 0 Å². The summed E-state index contributed by atoms with van der Waals surface area (Å²) in [7, 11) is 0. The van der Waals surface area contributed by atoms with Gasteiger partial charge in [0.2, 0.25) is 0 Å². The van der Waals surface area contributed by atoms with Crippen LogP contribution in [-0.2, 0) is 0 Å². The van der Waals surface area contributed by atoms with Crippen molar-refractivity contribution in [1.29, 1.82) is 0 Å². The molecule has 0 bridgehead atoms. The van der Waals surface area contributed by atoms with E-state index in [0.29, 0.717) is 0 Å². The molecule has 0 spiro atoms. The standard InChI is InChI=1S/C13H18FN/c1-10(15-9-8-11-6-7-11)12-4-2-3-5-13(12)14/h2-5,10-11,15H,6-9H2,1H3/t10-/m1/s1. The quantitative estimate of drug-likeness (QED) is 0.781. The molecule has 1 aliphatic carbocycles. The SMILES string of the molecule is C[C@@H](NCCC1CC1)c1ccccc1F. The third kappa shape index (κ3) is 3.03. The molecule has 0 unspecified atom stereocenters. The van der Waals surface area contributed by atoms with Crippen LogP contribution >= 0.6 is 0 Å². The van der Waals surface area contributed by atoms with Crippen LogP contribution in [0, 0.1) is 11.7 Å². The minimum atomic E-state index is -0.107. The second kappa shape index (κ2) is 4.75. The predicted octanol–water partition coefficient (Wildman–Crippen LogP) is 3.28.